The number of benzene rings is 1. The topological polar surface area (TPSA) is 58.4 Å². The van der Waals surface area contributed by atoms with Crippen LogP contribution in [0.15, 0.2) is 12.1 Å². The van der Waals surface area contributed by atoms with Crippen LogP contribution in [0.2, 0.25) is 0 Å². The summed E-state index contributed by atoms with van der Waals surface area (Å²) < 4.78 is 0. The number of nitrogens with two attached hydrogens (primary N) is 1. The number of anilines is 1. The van der Waals surface area contributed by atoms with Crippen LogP contribution in [-0.4, -0.2) is 36.0 Å². The molecular weight excluding hydrogens is 262 g/mol. The highest BCUT2D eigenvalue weighted by atomic mass is 16.2. The van der Waals surface area contributed by atoms with Crippen molar-refractivity contribution < 1.29 is 4.79 Å². The Morgan fingerprint density at radius 1 is 1.33 bits per heavy atom. The molecule has 1 fully saturated rings. The molecule has 1 aliphatic heterocycles. The Kier molecular flexibility index (Phi) is 5.01. The fourth-order valence-corrected chi connectivity index (χ4v) is 3.23. The summed E-state index contributed by atoms with van der Waals surface area (Å²) in [5.74, 6) is 0.0624. The Balaban J connectivity index is 1.99. The van der Waals surface area contributed by atoms with Crippen molar-refractivity contribution in [1.29, 1.82) is 0 Å². The molecule has 0 aliphatic carbocycles. The summed E-state index contributed by atoms with van der Waals surface area (Å²) in [4.78, 5) is 14.5. The third kappa shape index (κ3) is 4.05. The quantitative estimate of drug-likeness (QED) is 0.898. The van der Waals surface area contributed by atoms with Gasteiger partial charge in [-0.2, -0.15) is 0 Å². The number of nitrogens with one attached hydrogen (secondary N) is 1. The van der Waals surface area contributed by atoms with Crippen molar-refractivity contribution in [3.05, 3.63) is 28.8 Å². The van der Waals surface area contributed by atoms with E-state index >= 15 is 0 Å². The van der Waals surface area contributed by atoms with Crippen LogP contribution in [0.25, 0.3) is 0 Å². The Labute approximate surface area is 127 Å². The first-order valence-electron chi connectivity index (χ1n) is 7.74. The summed E-state index contributed by atoms with van der Waals surface area (Å²) in [6, 6.07) is 4.86. The largest absolute Gasteiger partial charge is 0.328 e. The molecule has 0 spiro atoms. The molecule has 0 saturated carbocycles. The third-order valence-electron chi connectivity index (χ3n) is 4.34. The fraction of sp³-hybridized carbons (Fsp3) is 0.588. The smallest absolute Gasteiger partial charge is 0.238 e. The van der Waals surface area contributed by atoms with Crippen LogP contribution >= 0.6 is 0 Å². The van der Waals surface area contributed by atoms with Crippen LogP contribution < -0.4 is 11.1 Å². The molecule has 1 heterocycles. The predicted octanol–water partition coefficient (Wildman–Crippen LogP) is 2.36. The highest BCUT2D eigenvalue weighted by molar-refractivity contribution is 5.93. The van der Waals surface area contributed by atoms with Gasteiger partial charge < -0.3 is 11.1 Å². The summed E-state index contributed by atoms with van der Waals surface area (Å²) in [5.41, 5.74) is 10.4. The number of aryl methyl sites for hydroxylation is 3. The second-order valence-electron chi connectivity index (χ2n) is 6.43. The first-order valence-corrected chi connectivity index (χ1v) is 7.74. The van der Waals surface area contributed by atoms with Gasteiger partial charge in [0.2, 0.25) is 5.91 Å². The van der Waals surface area contributed by atoms with Crippen LogP contribution in [0.1, 0.15) is 36.5 Å². The summed E-state index contributed by atoms with van der Waals surface area (Å²) in [7, 11) is 0. The highest BCUT2D eigenvalue weighted by Gasteiger charge is 2.24. The van der Waals surface area contributed by atoms with Gasteiger partial charge in [-0.25, -0.2) is 0 Å². The van der Waals surface area contributed by atoms with Crippen molar-refractivity contribution in [2.75, 3.05) is 18.4 Å². The summed E-state index contributed by atoms with van der Waals surface area (Å²) in [6.07, 6.45) is 1.94. The Bertz CT molecular complexity index is 504. The van der Waals surface area contributed by atoms with E-state index in [9.17, 15) is 4.79 Å². The Hall–Kier alpha value is -1.39. The molecule has 4 heteroatoms. The van der Waals surface area contributed by atoms with E-state index in [1.807, 2.05) is 13.8 Å². The monoisotopic (exact) mass is 289 g/mol. The predicted molar refractivity (Wildman–Crippen MR) is 87.5 cm³/mol. The maximum absolute atomic E-state index is 12.3. The van der Waals surface area contributed by atoms with E-state index in [2.05, 4.69) is 36.2 Å². The van der Waals surface area contributed by atoms with E-state index in [0.717, 1.165) is 36.2 Å². The lowest BCUT2D eigenvalue weighted by Crippen LogP contribution is -2.48. The van der Waals surface area contributed by atoms with Gasteiger partial charge in [0.05, 0.1) is 6.54 Å². The zero-order valence-corrected chi connectivity index (χ0v) is 13.6. The normalized spacial score (nSPS) is 23.1. The molecule has 4 nitrogen and oxygen atoms in total. The van der Waals surface area contributed by atoms with Crippen molar-refractivity contribution >= 4 is 11.6 Å². The highest BCUT2D eigenvalue weighted by Crippen LogP contribution is 2.22. The molecule has 21 heavy (non-hydrogen) atoms. The SMILES string of the molecule is Cc1cc(C)c(NC(=O)CN2CCC(N)CC2C)c(C)c1. The van der Waals surface area contributed by atoms with Crippen molar-refractivity contribution in [2.45, 2.75) is 52.6 Å². The lowest BCUT2D eigenvalue weighted by molar-refractivity contribution is -0.118. The van der Waals surface area contributed by atoms with Crippen molar-refractivity contribution in [3.8, 4) is 0 Å². The minimum Gasteiger partial charge on any atom is -0.328 e. The van der Waals surface area contributed by atoms with Gasteiger partial charge in [0, 0.05) is 24.3 Å². The molecule has 1 aromatic carbocycles. The van der Waals surface area contributed by atoms with Gasteiger partial charge in [-0.1, -0.05) is 17.7 Å². The van der Waals surface area contributed by atoms with Gasteiger partial charge in [0.1, 0.15) is 0 Å². The number of amides is 1. The van der Waals surface area contributed by atoms with E-state index in [1.165, 1.54) is 5.56 Å². The third-order valence-corrected chi connectivity index (χ3v) is 4.34. The van der Waals surface area contributed by atoms with Crippen LogP contribution in [0.4, 0.5) is 5.69 Å². The first kappa shape index (κ1) is 16.0. The molecule has 1 amide bonds. The Morgan fingerprint density at radius 3 is 2.52 bits per heavy atom. The van der Waals surface area contributed by atoms with Gasteiger partial charge in [0.25, 0.3) is 0 Å². The standard InChI is InChI=1S/C17H27N3O/c1-11-7-12(2)17(13(3)8-11)19-16(21)10-20-6-5-15(18)9-14(20)4/h7-8,14-15H,5-6,9-10,18H2,1-4H3,(H,19,21). The summed E-state index contributed by atoms with van der Waals surface area (Å²) >= 11 is 0. The molecule has 1 aromatic rings. The van der Waals surface area contributed by atoms with Gasteiger partial charge in [-0.15, -0.1) is 0 Å². The minimum atomic E-state index is 0.0624. The number of carbonyl (C=O) groups is 1. The molecular formula is C17H27N3O. The summed E-state index contributed by atoms with van der Waals surface area (Å²) in [5, 5.41) is 3.07. The van der Waals surface area contributed by atoms with E-state index in [-0.39, 0.29) is 11.9 Å². The average molecular weight is 289 g/mol. The van der Waals surface area contributed by atoms with E-state index < -0.39 is 0 Å². The van der Waals surface area contributed by atoms with Gasteiger partial charge in [-0.05, 0) is 51.7 Å². The van der Waals surface area contributed by atoms with Gasteiger partial charge in [-0.3, -0.25) is 9.69 Å². The number of piperidine rings is 1. The first-order chi connectivity index (χ1) is 9.86. The van der Waals surface area contributed by atoms with Gasteiger partial charge >= 0.3 is 0 Å². The van der Waals surface area contributed by atoms with E-state index in [0.29, 0.717) is 12.6 Å². The molecule has 3 N–H and O–H groups in total. The van der Waals surface area contributed by atoms with Crippen molar-refractivity contribution in [3.63, 3.8) is 0 Å². The summed E-state index contributed by atoms with van der Waals surface area (Å²) in [6.45, 7) is 9.65. The number of nitrogens with zero attached hydrogens (tertiary/aromatic N) is 1. The molecule has 0 radical (unpaired) electrons. The average Bonchev–Trinajstić information content (AvgIpc) is 2.37. The maximum atomic E-state index is 12.3. The number of rotatable bonds is 3. The van der Waals surface area contributed by atoms with Crippen LogP contribution in [0, 0.1) is 20.8 Å². The van der Waals surface area contributed by atoms with Crippen LogP contribution in [-0.2, 0) is 4.79 Å². The molecule has 116 valence electrons. The van der Waals surface area contributed by atoms with E-state index in [4.69, 9.17) is 5.73 Å². The maximum Gasteiger partial charge on any atom is 0.238 e. The van der Waals surface area contributed by atoms with Crippen molar-refractivity contribution in [1.82, 2.24) is 4.90 Å². The number of likely N-dealkylation sites (tertiary alicyclic amines) is 1. The Morgan fingerprint density at radius 2 is 1.95 bits per heavy atom. The molecule has 2 atom stereocenters. The van der Waals surface area contributed by atoms with Gasteiger partial charge in [0.15, 0.2) is 0 Å². The second kappa shape index (κ2) is 6.58. The zero-order chi connectivity index (χ0) is 15.6. The minimum absolute atomic E-state index is 0.0624. The number of hydrogen-bond acceptors (Lipinski definition) is 3. The fourth-order valence-electron chi connectivity index (χ4n) is 3.23. The number of hydrogen-bond donors (Lipinski definition) is 2. The van der Waals surface area contributed by atoms with E-state index in [1.54, 1.807) is 0 Å². The molecule has 0 bridgehead atoms. The van der Waals surface area contributed by atoms with Crippen LogP contribution in [0.5, 0.6) is 0 Å². The number of carbonyl (C=O) groups excluding carboxylic acids is 1. The lowest BCUT2D eigenvalue weighted by atomic mass is 9.99. The van der Waals surface area contributed by atoms with Crippen molar-refractivity contribution in [2.24, 2.45) is 5.73 Å². The molecule has 2 unspecified atom stereocenters. The second-order valence-corrected chi connectivity index (χ2v) is 6.43. The molecule has 2 rings (SSSR count). The molecule has 1 saturated heterocycles. The lowest BCUT2D eigenvalue weighted by Gasteiger charge is -2.35. The molecule has 0 aromatic heterocycles. The zero-order valence-electron chi connectivity index (χ0n) is 13.6. The molecule has 1 aliphatic rings. The van der Waals surface area contributed by atoms with Crippen LogP contribution in [0.3, 0.4) is 0 Å².